The van der Waals surface area contributed by atoms with Crippen LogP contribution in [-0.2, 0) is 5.41 Å². The lowest BCUT2D eigenvalue weighted by Crippen LogP contribution is -2.37. The van der Waals surface area contributed by atoms with Crippen molar-refractivity contribution in [2.24, 2.45) is 0 Å². The molecule has 1 heterocycles. The first-order valence-corrected chi connectivity index (χ1v) is 5.71. The number of nitrogens with zero attached hydrogens (tertiary/aromatic N) is 1. The number of nitrogens with one attached hydrogen (secondary N) is 4. The van der Waals surface area contributed by atoms with Crippen molar-refractivity contribution in [3.05, 3.63) is 11.8 Å². The predicted octanol–water partition coefficient (Wildman–Crippen LogP) is 2.65. The first-order valence-electron chi connectivity index (χ1n) is 5.71. The van der Waals surface area contributed by atoms with Gasteiger partial charge >= 0.3 is 12.2 Å². The van der Waals surface area contributed by atoms with Gasteiger partial charge in [0.15, 0.2) is 11.6 Å². The number of amidine groups is 1. The highest BCUT2D eigenvalue weighted by Gasteiger charge is 2.51. The molecule has 0 aliphatic carbocycles. The molecule has 1 aromatic rings. The zero-order chi connectivity index (χ0) is 16.4. The topological polar surface area (TPSA) is 115 Å². The number of halogens is 3. The SMILES string of the molecule is CC(=N)C(=N)NC(=O)Nc1cc(C(C)(C)C(F)(F)F)on1. The average molecular weight is 305 g/mol. The van der Waals surface area contributed by atoms with E-state index in [0.29, 0.717) is 0 Å². The van der Waals surface area contributed by atoms with E-state index in [9.17, 15) is 18.0 Å². The minimum Gasteiger partial charge on any atom is -0.358 e. The maximum atomic E-state index is 12.8. The number of rotatable bonds is 3. The number of urea groups is 1. The van der Waals surface area contributed by atoms with Gasteiger partial charge in [-0.05, 0) is 20.8 Å². The molecular weight excluding hydrogens is 291 g/mol. The van der Waals surface area contributed by atoms with Gasteiger partial charge in [0.1, 0.15) is 11.3 Å². The van der Waals surface area contributed by atoms with Gasteiger partial charge < -0.3 is 9.93 Å². The normalized spacial score (nSPS) is 11.9. The molecule has 4 N–H and O–H groups in total. The summed E-state index contributed by atoms with van der Waals surface area (Å²) in [5.74, 6) is -1.12. The molecule has 1 rings (SSSR count). The zero-order valence-electron chi connectivity index (χ0n) is 11.5. The standard InChI is InChI=1S/C11H14F3N5O2/c1-5(15)8(16)18-9(20)17-7-4-6(21-19-7)10(2,3)11(12,13)14/h4,15H,1-3H3,(H3,16,17,18,19,20). The fourth-order valence-electron chi connectivity index (χ4n) is 1.12. The molecule has 0 fully saturated rings. The van der Waals surface area contributed by atoms with Crippen LogP contribution in [-0.4, -0.2) is 28.9 Å². The van der Waals surface area contributed by atoms with Gasteiger partial charge in [-0.25, -0.2) is 4.79 Å². The number of hydrogen-bond donors (Lipinski definition) is 4. The molecular formula is C11H14F3N5O2. The molecule has 0 spiro atoms. The van der Waals surface area contributed by atoms with Crippen LogP contribution >= 0.6 is 0 Å². The molecule has 0 saturated carbocycles. The third kappa shape index (κ3) is 3.80. The summed E-state index contributed by atoms with van der Waals surface area (Å²) >= 11 is 0. The summed E-state index contributed by atoms with van der Waals surface area (Å²) in [5, 5.41) is 21.8. The van der Waals surface area contributed by atoms with Crippen LogP contribution in [0.4, 0.5) is 23.8 Å². The van der Waals surface area contributed by atoms with E-state index in [1.165, 1.54) is 6.92 Å². The monoisotopic (exact) mass is 305 g/mol. The largest absolute Gasteiger partial charge is 0.401 e. The van der Waals surface area contributed by atoms with Crippen molar-refractivity contribution in [2.45, 2.75) is 32.4 Å². The van der Waals surface area contributed by atoms with Crippen LogP contribution in [0.2, 0.25) is 0 Å². The molecule has 0 bridgehead atoms. The van der Waals surface area contributed by atoms with Crippen LogP contribution in [0.25, 0.3) is 0 Å². The number of amides is 2. The van der Waals surface area contributed by atoms with E-state index in [1.807, 2.05) is 5.32 Å². The first-order chi connectivity index (χ1) is 9.45. The molecule has 0 saturated heterocycles. The highest BCUT2D eigenvalue weighted by molar-refractivity contribution is 6.40. The summed E-state index contributed by atoms with van der Waals surface area (Å²) < 4.78 is 43.0. The Labute approximate surface area is 117 Å². The summed E-state index contributed by atoms with van der Waals surface area (Å²) in [4.78, 5) is 11.4. The zero-order valence-corrected chi connectivity index (χ0v) is 11.5. The molecule has 0 aliphatic heterocycles. The summed E-state index contributed by atoms with van der Waals surface area (Å²) in [6, 6.07) is 0.0461. The molecule has 0 unspecified atom stereocenters. The Hall–Kier alpha value is -2.39. The molecule has 10 heteroatoms. The van der Waals surface area contributed by atoms with Crippen molar-refractivity contribution in [1.29, 1.82) is 10.8 Å². The van der Waals surface area contributed by atoms with Gasteiger partial charge in [-0.1, -0.05) is 5.16 Å². The predicted molar refractivity (Wildman–Crippen MR) is 68.9 cm³/mol. The van der Waals surface area contributed by atoms with E-state index in [0.717, 1.165) is 19.9 Å². The van der Waals surface area contributed by atoms with Crippen LogP contribution in [0.5, 0.6) is 0 Å². The van der Waals surface area contributed by atoms with Crippen molar-refractivity contribution >= 4 is 23.4 Å². The van der Waals surface area contributed by atoms with Crippen LogP contribution in [0.15, 0.2) is 10.6 Å². The number of carbonyl (C=O) groups excluding carboxylic acids is 1. The van der Waals surface area contributed by atoms with Gasteiger partial charge in [-0.2, -0.15) is 13.2 Å². The molecule has 0 aliphatic rings. The van der Waals surface area contributed by atoms with E-state index >= 15 is 0 Å². The van der Waals surface area contributed by atoms with E-state index < -0.39 is 29.2 Å². The smallest absolute Gasteiger partial charge is 0.358 e. The van der Waals surface area contributed by atoms with Gasteiger partial charge in [0.2, 0.25) is 0 Å². The number of anilines is 1. The molecule has 2 amide bonds. The van der Waals surface area contributed by atoms with E-state index in [2.05, 4.69) is 15.0 Å². The van der Waals surface area contributed by atoms with Crippen molar-refractivity contribution in [1.82, 2.24) is 10.5 Å². The second-order valence-electron chi connectivity index (χ2n) is 4.78. The van der Waals surface area contributed by atoms with Crippen LogP contribution in [0, 0.1) is 10.8 Å². The minimum atomic E-state index is -4.54. The van der Waals surface area contributed by atoms with Crippen molar-refractivity contribution < 1.29 is 22.5 Å². The molecule has 0 aromatic carbocycles. The lowest BCUT2D eigenvalue weighted by atomic mass is 9.89. The number of hydrogen-bond acceptors (Lipinski definition) is 5. The van der Waals surface area contributed by atoms with E-state index in [4.69, 9.17) is 10.8 Å². The first kappa shape index (κ1) is 16.7. The number of carbonyl (C=O) groups is 1. The Bertz CT molecular complexity index is 577. The van der Waals surface area contributed by atoms with E-state index in [1.54, 1.807) is 0 Å². The van der Waals surface area contributed by atoms with Crippen LogP contribution in [0.3, 0.4) is 0 Å². The fourth-order valence-corrected chi connectivity index (χ4v) is 1.12. The van der Waals surface area contributed by atoms with Gasteiger partial charge in [0, 0.05) is 6.07 Å². The average Bonchev–Trinajstić information content (AvgIpc) is 2.75. The molecule has 7 nitrogen and oxygen atoms in total. The summed E-state index contributed by atoms with van der Waals surface area (Å²) in [6.45, 7) is 3.14. The Morgan fingerprint density at radius 1 is 1.33 bits per heavy atom. The number of aromatic nitrogens is 1. The fraction of sp³-hybridized carbons (Fsp3) is 0.455. The summed E-state index contributed by atoms with van der Waals surface area (Å²) in [5.41, 5.74) is -2.43. The molecule has 1 aromatic heterocycles. The van der Waals surface area contributed by atoms with Gasteiger partial charge in [0.05, 0.1) is 5.71 Å². The Morgan fingerprint density at radius 2 is 1.90 bits per heavy atom. The van der Waals surface area contributed by atoms with E-state index in [-0.39, 0.29) is 11.5 Å². The van der Waals surface area contributed by atoms with Crippen LogP contribution in [0.1, 0.15) is 26.5 Å². The Kier molecular flexibility index (Phi) is 4.40. The molecule has 116 valence electrons. The van der Waals surface area contributed by atoms with Crippen LogP contribution < -0.4 is 10.6 Å². The molecule has 21 heavy (non-hydrogen) atoms. The summed E-state index contributed by atoms with van der Waals surface area (Å²) in [6.07, 6.45) is -4.54. The minimum absolute atomic E-state index is 0.177. The van der Waals surface area contributed by atoms with Crippen molar-refractivity contribution in [3.63, 3.8) is 0 Å². The lowest BCUT2D eigenvalue weighted by Gasteiger charge is -2.24. The highest BCUT2D eigenvalue weighted by atomic mass is 19.4. The maximum Gasteiger partial charge on any atom is 0.401 e. The summed E-state index contributed by atoms with van der Waals surface area (Å²) in [7, 11) is 0. The lowest BCUT2D eigenvalue weighted by molar-refractivity contribution is -0.185. The second-order valence-corrected chi connectivity index (χ2v) is 4.78. The molecule has 0 atom stereocenters. The number of alkyl halides is 3. The maximum absolute atomic E-state index is 12.8. The quantitative estimate of drug-likeness (QED) is 0.508. The van der Waals surface area contributed by atoms with Crippen molar-refractivity contribution in [3.8, 4) is 0 Å². The third-order valence-corrected chi connectivity index (χ3v) is 2.69. The van der Waals surface area contributed by atoms with Crippen molar-refractivity contribution in [2.75, 3.05) is 5.32 Å². The van der Waals surface area contributed by atoms with Gasteiger partial charge in [-0.3, -0.25) is 16.0 Å². The molecule has 0 radical (unpaired) electrons. The van der Waals surface area contributed by atoms with Gasteiger partial charge in [-0.15, -0.1) is 0 Å². The highest BCUT2D eigenvalue weighted by Crippen LogP contribution is 2.40. The Balaban J connectivity index is 2.79. The Morgan fingerprint density at radius 3 is 2.38 bits per heavy atom. The third-order valence-electron chi connectivity index (χ3n) is 2.69. The van der Waals surface area contributed by atoms with Gasteiger partial charge in [0.25, 0.3) is 0 Å². The second kappa shape index (κ2) is 5.54.